The maximum absolute atomic E-state index is 6.20. The molecule has 4 aromatic rings. The molecule has 3 aromatic carbocycles. The molecule has 0 fully saturated rings. The van der Waals surface area contributed by atoms with Crippen molar-refractivity contribution in [3.05, 3.63) is 83.1 Å². The first-order valence-corrected chi connectivity index (χ1v) is 10.6. The molecule has 1 unspecified atom stereocenters. The van der Waals surface area contributed by atoms with E-state index in [9.17, 15) is 0 Å². The summed E-state index contributed by atoms with van der Waals surface area (Å²) in [5, 5.41) is 0.725. The van der Waals surface area contributed by atoms with Crippen molar-refractivity contribution in [3.8, 4) is 17.2 Å². The molecule has 1 aromatic heterocycles. The summed E-state index contributed by atoms with van der Waals surface area (Å²) >= 11 is 6.14. The van der Waals surface area contributed by atoms with Crippen LogP contribution in [0.4, 0.5) is 0 Å². The first kappa shape index (κ1) is 21.1. The van der Waals surface area contributed by atoms with Crippen molar-refractivity contribution in [2.24, 2.45) is 0 Å². The normalized spacial score (nSPS) is 12.0. The van der Waals surface area contributed by atoms with E-state index in [2.05, 4.69) is 10.6 Å². The molecule has 0 radical (unpaired) electrons. The molecule has 0 saturated heterocycles. The number of aromatic nitrogens is 2. The van der Waals surface area contributed by atoms with Crippen LogP contribution < -0.4 is 14.2 Å². The van der Waals surface area contributed by atoms with Gasteiger partial charge in [0.2, 0.25) is 0 Å². The van der Waals surface area contributed by atoms with Crippen LogP contribution in [-0.2, 0) is 6.54 Å². The average Bonchev–Trinajstić information content (AvgIpc) is 3.16. The maximum atomic E-state index is 6.20. The van der Waals surface area contributed by atoms with Crippen molar-refractivity contribution in [1.29, 1.82) is 0 Å². The minimum Gasteiger partial charge on any atom is -0.497 e. The molecule has 0 bridgehead atoms. The summed E-state index contributed by atoms with van der Waals surface area (Å²) in [7, 11) is 1.65. The van der Waals surface area contributed by atoms with Gasteiger partial charge in [-0.1, -0.05) is 23.7 Å². The van der Waals surface area contributed by atoms with Gasteiger partial charge in [-0.15, -0.1) is 0 Å². The Morgan fingerprint density at radius 2 is 1.68 bits per heavy atom. The van der Waals surface area contributed by atoms with Crippen LogP contribution in [0.3, 0.4) is 0 Å². The van der Waals surface area contributed by atoms with Crippen LogP contribution >= 0.6 is 11.6 Å². The first-order chi connectivity index (χ1) is 15.0. The van der Waals surface area contributed by atoms with Crippen LogP contribution in [-0.4, -0.2) is 23.3 Å². The molecule has 4 rings (SSSR count). The predicted molar refractivity (Wildman–Crippen MR) is 123 cm³/mol. The van der Waals surface area contributed by atoms with E-state index in [1.54, 1.807) is 7.11 Å². The van der Waals surface area contributed by atoms with Gasteiger partial charge in [0.15, 0.2) is 11.9 Å². The second kappa shape index (κ2) is 9.31. The molecular formula is C25H25ClN2O3. The second-order valence-corrected chi connectivity index (χ2v) is 7.71. The molecule has 1 heterocycles. The Hall–Kier alpha value is -3.18. The quantitative estimate of drug-likeness (QED) is 0.328. The summed E-state index contributed by atoms with van der Waals surface area (Å²) in [4.78, 5) is 4.84. The average molecular weight is 437 g/mol. The molecule has 0 saturated carbocycles. The van der Waals surface area contributed by atoms with Crippen molar-refractivity contribution in [1.82, 2.24) is 9.55 Å². The molecule has 5 nitrogen and oxygen atoms in total. The fourth-order valence-electron chi connectivity index (χ4n) is 3.51. The van der Waals surface area contributed by atoms with Crippen molar-refractivity contribution in [2.75, 3.05) is 13.7 Å². The number of methoxy groups -OCH3 is 1. The molecule has 0 aliphatic carbocycles. The highest BCUT2D eigenvalue weighted by molar-refractivity contribution is 6.31. The number of aryl methyl sites for hydroxylation is 1. The number of rotatable bonds is 8. The van der Waals surface area contributed by atoms with Crippen molar-refractivity contribution in [2.45, 2.75) is 26.5 Å². The zero-order valence-electron chi connectivity index (χ0n) is 17.8. The van der Waals surface area contributed by atoms with Crippen LogP contribution in [0.5, 0.6) is 17.2 Å². The van der Waals surface area contributed by atoms with E-state index < -0.39 is 0 Å². The van der Waals surface area contributed by atoms with E-state index in [-0.39, 0.29) is 6.10 Å². The lowest BCUT2D eigenvalue weighted by molar-refractivity contribution is 0.207. The van der Waals surface area contributed by atoms with Crippen LogP contribution in [0.2, 0.25) is 5.02 Å². The summed E-state index contributed by atoms with van der Waals surface area (Å²) in [5.74, 6) is 3.22. The Kier molecular flexibility index (Phi) is 6.33. The first-order valence-electron chi connectivity index (χ1n) is 10.2. The largest absolute Gasteiger partial charge is 0.497 e. The predicted octanol–water partition coefficient (Wildman–Crippen LogP) is 6.23. The summed E-state index contributed by atoms with van der Waals surface area (Å²) in [6.07, 6.45) is -0.242. The zero-order valence-corrected chi connectivity index (χ0v) is 18.6. The number of imidazole rings is 1. The number of para-hydroxylation sites is 2. The highest BCUT2D eigenvalue weighted by atomic mass is 35.5. The van der Waals surface area contributed by atoms with Gasteiger partial charge in [-0.05, 0) is 74.0 Å². The van der Waals surface area contributed by atoms with Gasteiger partial charge in [-0.25, -0.2) is 4.98 Å². The monoisotopic (exact) mass is 436 g/mol. The number of ether oxygens (including phenoxy) is 3. The van der Waals surface area contributed by atoms with E-state index in [0.717, 1.165) is 44.7 Å². The summed E-state index contributed by atoms with van der Waals surface area (Å²) in [5.41, 5.74) is 2.97. The standard InChI is InChI=1S/C25H25ClN2O3/c1-17-16-21(12-13-22(17)26)31-18(2)25-27-23-6-4-5-7-24(23)28(25)14-15-30-20-10-8-19(29-3)9-11-20/h4-13,16,18H,14-15H2,1-3H3. The van der Waals surface area contributed by atoms with Crippen LogP contribution in [0.15, 0.2) is 66.7 Å². The Morgan fingerprint density at radius 1 is 0.968 bits per heavy atom. The molecule has 160 valence electrons. The van der Waals surface area contributed by atoms with Gasteiger partial charge < -0.3 is 18.8 Å². The smallest absolute Gasteiger partial charge is 0.153 e. The molecular weight excluding hydrogens is 412 g/mol. The number of halogens is 1. The van der Waals surface area contributed by atoms with Crippen molar-refractivity contribution >= 4 is 22.6 Å². The molecule has 6 heteroatoms. The SMILES string of the molecule is COc1ccc(OCCn2c(C(C)Oc3ccc(Cl)c(C)c3)nc3ccccc32)cc1. The summed E-state index contributed by atoms with van der Waals surface area (Å²) in [6.45, 7) is 5.12. The van der Waals surface area contributed by atoms with E-state index >= 15 is 0 Å². The van der Waals surface area contributed by atoms with E-state index in [1.807, 2.05) is 74.5 Å². The number of nitrogens with zero attached hydrogens (tertiary/aromatic N) is 2. The Morgan fingerprint density at radius 3 is 2.42 bits per heavy atom. The molecule has 0 spiro atoms. The maximum Gasteiger partial charge on any atom is 0.153 e. The summed E-state index contributed by atoms with van der Waals surface area (Å²) in [6, 6.07) is 21.3. The van der Waals surface area contributed by atoms with Crippen molar-refractivity contribution < 1.29 is 14.2 Å². The Bertz CT molecular complexity index is 1170. The third-order valence-electron chi connectivity index (χ3n) is 5.13. The van der Waals surface area contributed by atoms with Gasteiger partial charge in [0.05, 0.1) is 24.7 Å². The minimum atomic E-state index is -0.242. The van der Waals surface area contributed by atoms with Gasteiger partial charge in [-0.3, -0.25) is 0 Å². The molecule has 31 heavy (non-hydrogen) atoms. The lowest BCUT2D eigenvalue weighted by Crippen LogP contribution is -2.15. The van der Waals surface area contributed by atoms with Crippen LogP contribution in [0.25, 0.3) is 11.0 Å². The minimum absolute atomic E-state index is 0.242. The summed E-state index contributed by atoms with van der Waals surface area (Å²) < 4.78 is 19.5. The highest BCUT2D eigenvalue weighted by Gasteiger charge is 2.18. The Balaban J connectivity index is 1.53. The zero-order chi connectivity index (χ0) is 21.8. The number of benzene rings is 3. The number of fused-ring (bicyclic) bond motifs is 1. The third-order valence-corrected chi connectivity index (χ3v) is 5.56. The van der Waals surface area contributed by atoms with E-state index in [4.69, 9.17) is 30.8 Å². The molecule has 1 atom stereocenters. The lowest BCUT2D eigenvalue weighted by Gasteiger charge is -2.17. The molecule has 0 amide bonds. The molecule has 0 aliphatic heterocycles. The van der Waals surface area contributed by atoms with Crippen LogP contribution in [0.1, 0.15) is 24.4 Å². The van der Waals surface area contributed by atoms with Gasteiger partial charge in [0.25, 0.3) is 0 Å². The molecule has 0 aliphatic rings. The highest BCUT2D eigenvalue weighted by Crippen LogP contribution is 2.28. The number of hydrogen-bond acceptors (Lipinski definition) is 4. The lowest BCUT2D eigenvalue weighted by atomic mass is 10.2. The number of hydrogen-bond donors (Lipinski definition) is 0. The van der Waals surface area contributed by atoms with Crippen molar-refractivity contribution in [3.63, 3.8) is 0 Å². The van der Waals surface area contributed by atoms with E-state index in [0.29, 0.717) is 13.2 Å². The van der Waals surface area contributed by atoms with Gasteiger partial charge in [-0.2, -0.15) is 0 Å². The Labute approximate surface area is 187 Å². The van der Waals surface area contributed by atoms with E-state index in [1.165, 1.54) is 0 Å². The fraction of sp³-hybridized carbons (Fsp3) is 0.240. The fourth-order valence-corrected chi connectivity index (χ4v) is 3.63. The van der Waals surface area contributed by atoms with Gasteiger partial charge in [0.1, 0.15) is 23.9 Å². The third kappa shape index (κ3) is 4.78. The second-order valence-electron chi connectivity index (χ2n) is 7.31. The van der Waals surface area contributed by atoms with Crippen LogP contribution in [0, 0.1) is 6.92 Å². The molecule has 0 N–H and O–H groups in total. The topological polar surface area (TPSA) is 45.5 Å². The van der Waals surface area contributed by atoms with Gasteiger partial charge >= 0.3 is 0 Å². The van der Waals surface area contributed by atoms with Gasteiger partial charge in [0, 0.05) is 5.02 Å².